The van der Waals surface area contributed by atoms with Crippen molar-refractivity contribution >= 4 is 67.3 Å². The van der Waals surface area contributed by atoms with Gasteiger partial charge >= 0.3 is 16.9 Å². The molecule has 400 valence electrons. The molecule has 22 heteroatoms. The Hall–Kier alpha value is -9.09. The molecule has 0 bridgehead atoms. The molecule has 21 nitrogen and oxygen atoms in total. The van der Waals surface area contributed by atoms with Gasteiger partial charge in [-0.05, 0) is 73.9 Å². The Morgan fingerprint density at radius 3 is 0.823 bits per heavy atom. The number of aromatic hydroxyl groups is 3. The Bertz CT molecular complexity index is 3570. The van der Waals surface area contributed by atoms with Crippen molar-refractivity contribution in [2.45, 2.75) is 57.8 Å². The molecule has 0 spiro atoms. The predicted octanol–water partition coefficient (Wildman–Crippen LogP) is 10.6. The fourth-order valence-electron chi connectivity index (χ4n) is 8.87. The molecular weight excluding hydrogens is 1160 g/mol. The van der Waals surface area contributed by atoms with Crippen molar-refractivity contribution in [1.29, 1.82) is 0 Å². The Balaban J connectivity index is 0.000000190. The first-order valence-corrected chi connectivity index (χ1v) is 23.6. The largest absolute Gasteiger partial charge is 0.507 e. The van der Waals surface area contributed by atoms with E-state index in [1.54, 1.807) is 72.8 Å². The summed E-state index contributed by atoms with van der Waals surface area (Å²) in [6.45, 7) is 4.12. The molecule has 0 aliphatic carbocycles. The van der Waals surface area contributed by atoms with Crippen LogP contribution in [0.3, 0.4) is 0 Å². The number of hydrogen-bond acceptors (Lipinski definition) is 18. The maximum Gasteiger partial charge on any atom is 0.343 e. The van der Waals surface area contributed by atoms with Gasteiger partial charge in [-0.1, -0.05) is 72.8 Å². The molecule has 3 aromatic heterocycles. The number of nitrogens with zero attached hydrogens (tertiary/aromatic N) is 3. The summed E-state index contributed by atoms with van der Waals surface area (Å²) in [5.74, 6) is -3.64. The number of carbonyl (C=O) groups excluding carboxylic acids is 3. The van der Waals surface area contributed by atoms with E-state index in [1.165, 1.54) is 93.6 Å². The SMILES string of the molecule is CC(=O)CC(c1ccc([N+](=O)[O-])cc1)c1c(O)c2ccccc2oc1=O.CC(=O)CC(c1ccc([N+](=O)[O-])cc1)c1c(O)c2ccccc2oc1=O.CC(=O)CC(c1ccc([N+](=O)[O-])cc1)c1c(O)c2ccccc2oc1=O.[Nd]. The third-order valence-electron chi connectivity index (χ3n) is 12.5. The molecule has 0 radical (unpaired) electrons. The summed E-state index contributed by atoms with van der Waals surface area (Å²) < 4.78 is 15.9. The van der Waals surface area contributed by atoms with E-state index in [1.807, 2.05) is 0 Å². The van der Waals surface area contributed by atoms with E-state index in [2.05, 4.69) is 0 Å². The fourth-order valence-corrected chi connectivity index (χ4v) is 8.87. The van der Waals surface area contributed by atoms with Crippen molar-refractivity contribution in [3.05, 3.63) is 241 Å². The monoisotopic (exact) mass is 1200 g/mol. The first kappa shape index (κ1) is 59.2. The summed E-state index contributed by atoms with van der Waals surface area (Å²) >= 11 is 0. The minimum absolute atomic E-state index is 0. The first-order chi connectivity index (χ1) is 37.1. The Labute approximate surface area is 478 Å². The molecule has 0 saturated carbocycles. The number of non-ortho nitro benzene ring substituents is 3. The maximum absolute atomic E-state index is 12.5. The average molecular weight is 1200 g/mol. The molecule has 9 aromatic rings. The van der Waals surface area contributed by atoms with Crippen LogP contribution in [0.25, 0.3) is 32.9 Å². The van der Waals surface area contributed by atoms with Crippen LogP contribution < -0.4 is 16.9 Å². The van der Waals surface area contributed by atoms with Gasteiger partial charge in [-0.25, -0.2) is 14.4 Å². The molecular formula is C57H45N3NdO18. The molecule has 6 aromatic carbocycles. The molecule has 0 saturated heterocycles. The van der Waals surface area contributed by atoms with Crippen molar-refractivity contribution in [2.24, 2.45) is 0 Å². The second-order valence-electron chi connectivity index (χ2n) is 17.9. The van der Waals surface area contributed by atoms with Gasteiger partial charge in [-0.3, -0.25) is 44.7 Å². The third kappa shape index (κ3) is 13.7. The summed E-state index contributed by atoms with van der Waals surface area (Å²) in [5.41, 5.74) is -0.427. The van der Waals surface area contributed by atoms with Crippen LogP contribution in [0.15, 0.2) is 173 Å². The fraction of sp³-hybridized carbons (Fsp3) is 0.158. The predicted molar refractivity (Wildman–Crippen MR) is 283 cm³/mol. The standard InChI is InChI=1S/3C19H15NO6.Nd/c3*1-11(21)10-15(12-6-8-13(9-7-12)20(24)25)17-18(22)14-4-2-3-5-16(14)26-19(17)23;/h3*2-9,15,22H,10H2,1H3;. The number of fused-ring (bicyclic) bond motifs is 3. The van der Waals surface area contributed by atoms with Crippen molar-refractivity contribution in [3.63, 3.8) is 0 Å². The third-order valence-corrected chi connectivity index (χ3v) is 12.5. The summed E-state index contributed by atoms with van der Waals surface area (Å²) in [7, 11) is 0. The maximum atomic E-state index is 12.5. The van der Waals surface area contributed by atoms with E-state index in [9.17, 15) is 74.4 Å². The summed E-state index contributed by atoms with van der Waals surface area (Å²) in [6, 6.07) is 36.2. The summed E-state index contributed by atoms with van der Waals surface area (Å²) in [4.78, 5) is 104. The van der Waals surface area contributed by atoms with Crippen molar-refractivity contribution in [1.82, 2.24) is 0 Å². The number of carbonyl (C=O) groups is 3. The van der Waals surface area contributed by atoms with Gasteiger partial charge in [0.05, 0.1) is 47.6 Å². The van der Waals surface area contributed by atoms with Crippen LogP contribution in [0, 0.1) is 71.2 Å². The van der Waals surface area contributed by atoms with Crippen molar-refractivity contribution in [2.75, 3.05) is 0 Å². The van der Waals surface area contributed by atoms with Gasteiger partial charge in [0.25, 0.3) is 17.1 Å². The van der Waals surface area contributed by atoms with Gasteiger partial charge in [-0.15, -0.1) is 0 Å². The van der Waals surface area contributed by atoms with Gasteiger partial charge in [0, 0.05) is 114 Å². The second-order valence-corrected chi connectivity index (χ2v) is 17.9. The van der Waals surface area contributed by atoms with Crippen LogP contribution in [0.5, 0.6) is 17.2 Å². The van der Waals surface area contributed by atoms with E-state index in [0.29, 0.717) is 32.8 Å². The van der Waals surface area contributed by atoms with Crippen LogP contribution in [-0.2, 0) is 14.4 Å². The number of ketones is 3. The molecule has 79 heavy (non-hydrogen) atoms. The topological polar surface area (TPSA) is 332 Å². The Morgan fingerprint density at radius 2 is 0.620 bits per heavy atom. The van der Waals surface area contributed by atoms with Gasteiger partial charge in [0.2, 0.25) is 0 Å². The zero-order valence-electron chi connectivity index (χ0n) is 42.0. The number of benzene rings is 6. The van der Waals surface area contributed by atoms with E-state index < -0.39 is 49.4 Å². The van der Waals surface area contributed by atoms with Crippen LogP contribution in [-0.4, -0.2) is 47.4 Å². The number of nitro benzene ring substituents is 3. The van der Waals surface area contributed by atoms with E-state index in [4.69, 9.17) is 13.3 Å². The van der Waals surface area contributed by atoms with E-state index >= 15 is 0 Å². The van der Waals surface area contributed by atoms with Gasteiger partial charge in [0.1, 0.15) is 51.3 Å². The zero-order valence-corrected chi connectivity index (χ0v) is 45.2. The zero-order chi connectivity index (χ0) is 56.5. The normalized spacial score (nSPS) is 11.9. The van der Waals surface area contributed by atoms with E-state index in [0.717, 1.165) is 0 Å². The molecule has 0 amide bonds. The number of hydrogen-bond donors (Lipinski definition) is 3. The second kappa shape index (κ2) is 25.8. The molecule has 9 rings (SSSR count). The van der Waals surface area contributed by atoms with E-state index in [-0.39, 0.29) is 145 Å². The molecule has 0 aliphatic rings. The number of nitro groups is 3. The number of Topliss-reactive ketones (excluding diaryl/α,β-unsaturated/α-hetero) is 3. The van der Waals surface area contributed by atoms with Gasteiger partial charge < -0.3 is 28.6 Å². The average Bonchev–Trinajstić information content (AvgIpc) is 3.54. The molecule has 3 atom stereocenters. The smallest absolute Gasteiger partial charge is 0.343 e. The van der Waals surface area contributed by atoms with Crippen LogP contribution in [0.1, 0.15) is 91.2 Å². The minimum Gasteiger partial charge on any atom is -0.507 e. The van der Waals surface area contributed by atoms with Crippen LogP contribution in [0.4, 0.5) is 17.1 Å². The minimum atomic E-state index is -0.769. The van der Waals surface area contributed by atoms with Gasteiger partial charge in [0.15, 0.2) is 0 Å². The Kier molecular flexibility index (Phi) is 19.3. The Morgan fingerprint density at radius 1 is 0.405 bits per heavy atom. The molecule has 0 fully saturated rings. The summed E-state index contributed by atoms with van der Waals surface area (Å²) in [6.07, 6.45) is -0.141. The van der Waals surface area contributed by atoms with Crippen LogP contribution in [0.2, 0.25) is 0 Å². The first-order valence-electron chi connectivity index (χ1n) is 23.6. The quantitative estimate of drug-likeness (QED) is 0.0488. The molecule has 0 aliphatic heterocycles. The van der Waals surface area contributed by atoms with Crippen molar-refractivity contribution in [3.8, 4) is 17.2 Å². The van der Waals surface area contributed by atoms with Crippen LogP contribution >= 0.6 is 0 Å². The number of rotatable bonds is 15. The molecule has 3 unspecified atom stereocenters. The number of para-hydroxylation sites is 3. The molecule has 3 N–H and O–H groups in total. The van der Waals surface area contributed by atoms with Crippen molar-refractivity contribution < 1.29 is 98.6 Å². The molecule has 3 heterocycles. The van der Waals surface area contributed by atoms with Gasteiger partial charge in [-0.2, -0.15) is 0 Å². The summed E-state index contributed by atoms with van der Waals surface area (Å²) in [5, 5.41) is 65.5.